The molecule has 33 heavy (non-hydrogen) atoms. The molecular formula is C23H24ClF2N3O4. The Morgan fingerprint density at radius 2 is 1.85 bits per heavy atom. The Balaban J connectivity index is 1.48. The number of amides is 2. The number of carbonyl (C=O) groups is 2. The van der Waals surface area contributed by atoms with Crippen LogP contribution in [0.2, 0.25) is 5.02 Å². The first kappa shape index (κ1) is 24.5. The maximum atomic E-state index is 12.5. The molecule has 0 saturated carbocycles. The number of piperazine rings is 1. The highest BCUT2D eigenvalue weighted by molar-refractivity contribution is 6.33. The molecule has 1 heterocycles. The lowest BCUT2D eigenvalue weighted by molar-refractivity contribution is -0.127. The zero-order valence-corrected chi connectivity index (χ0v) is 18.7. The van der Waals surface area contributed by atoms with Gasteiger partial charge in [-0.25, -0.2) is 0 Å². The highest BCUT2D eigenvalue weighted by Gasteiger charge is 2.21. The van der Waals surface area contributed by atoms with Crippen LogP contribution in [0, 0.1) is 0 Å². The Hall–Kier alpha value is -3.17. The number of nitrogens with zero attached hydrogens (tertiary/aromatic N) is 2. The minimum atomic E-state index is -2.96. The highest BCUT2D eigenvalue weighted by atomic mass is 35.5. The summed E-state index contributed by atoms with van der Waals surface area (Å²) in [6, 6.07) is 11.4. The van der Waals surface area contributed by atoms with Gasteiger partial charge in [-0.05, 0) is 35.9 Å². The SMILES string of the molecule is COc1cc(/C=C/C(=O)N2CCN(CC(=O)Nc3ccccc3Cl)CC2)ccc1OC(F)F. The van der Waals surface area contributed by atoms with E-state index in [9.17, 15) is 18.4 Å². The highest BCUT2D eigenvalue weighted by Crippen LogP contribution is 2.30. The summed E-state index contributed by atoms with van der Waals surface area (Å²) < 4.78 is 34.3. The quantitative estimate of drug-likeness (QED) is 0.584. The summed E-state index contributed by atoms with van der Waals surface area (Å²) in [4.78, 5) is 28.4. The number of methoxy groups -OCH3 is 1. The van der Waals surface area contributed by atoms with Crippen LogP contribution < -0.4 is 14.8 Å². The van der Waals surface area contributed by atoms with Crippen molar-refractivity contribution in [2.24, 2.45) is 0 Å². The fourth-order valence-corrected chi connectivity index (χ4v) is 3.52. The number of carbonyl (C=O) groups excluding carboxylic acids is 2. The Bertz CT molecular complexity index is 1010. The van der Waals surface area contributed by atoms with Gasteiger partial charge in [-0.3, -0.25) is 14.5 Å². The van der Waals surface area contributed by atoms with E-state index in [2.05, 4.69) is 10.1 Å². The maximum Gasteiger partial charge on any atom is 0.387 e. The number of hydrogen-bond donors (Lipinski definition) is 1. The normalized spacial score (nSPS) is 14.5. The van der Waals surface area contributed by atoms with Crippen molar-refractivity contribution in [3.63, 3.8) is 0 Å². The molecule has 0 bridgehead atoms. The van der Waals surface area contributed by atoms with E-state index in [1.807, 2.05) is 4.90 Å². The van der Waals surface area contributed by atoms with Crippen LogP contribution in [0.15, 0.2) is 48.5 Å². The third-order valence-corrected chi connectivity index (χ3v) is 5.35. The molecule has 1 fully saturated rings. The van der Waals surface area contributed by atoms with Crippen LogP contribution in [0.5, 0.6) is 11.5 Å². The van der Waals surface area contributed by atoms with Crippen molar-refractivity contribution in [2.45, 2.75) is 6.61 Å². The minimum absolute atomic E-state index is 0.0781. The second kappa shape index (κ2) is 11.6. The van der Waals surface area contributed by atoms with Gasteiger partial charge < -0.3 is 19.7 Å². The predicted molar refractivity (Wildman–Crippen MR) is 122 cm³/mol. The first-order chi connectivity index (χ1) is 15.9. The lowest BCUT2D eigenvalue weighted by atomic mass is 10.2. The van der Waals surface area contributed by atoms with Crippen LogP contribution in [0.1, 0.15) is 5.56 Å². The van der Waals surface area contributed by atoms with Crippen LogP contribution in [-0.2, 0) is 9.59 Å². The van der Waals surface area contributed by atoms with Gasteiger partial charge in [0, 0.05) is 32.3 Å². The molecule has 2 aromatic rings. The molecule has 1 saturated heterocycles. The fourth-order valence-electron chi connectivity index (χ4n) is 3.34. The van der Waals surface area contributed by atoms with Gasteiger partial charge in [0.05, 0.1) is 24.4 Å². The molecule has 10 heteroatoms. The van der Waals surface area contributed by atoms with Crippen LogP contribution in [0.25, 0.3) is 6.08 Å². The molecule has 2 amide bonds. The molecule has 3 rings (SSSR count). The number of nitrogens with one attached hydrogen (secondary N) is 1. The van der Waals surface area contributed by atoms with Crippen molar-refractivity contribution < 1.29 is 27.8 Å². The largest absolute Gasteiger partial charge is 0.493 e. The predicted octanol–water partition coefficient (Wildman–Crippen LogP) is 3.75. The van der Waals surface area contributed by atoms with Gasteiger partial charge in [0.15, 0.2) is 11.5 Å². The summed E-state index contributed by atoms with van der Waals surface area (Å²) in [5.41, 5.74) is 1.17. The molecule has 0 spiro atoms. The number of halogens is 3. The molecule has 1 N–H and O–H groups in total. The monoisotopic (exact) mass is 479 g/mol. The van der Waals surface area contributed by atoms with Crippen molar-refractivity contribution in [3.05, 3.63) is 59.1 Å². The van der Waals surface area contributed by atoms with E-state index < -0.39 is 6.61 Å². The molecule has 1 aliphatic heterocycles. The van der Waals surface area contributed by atoms with E-state index >= 15 is 0 Å². The Morgan fingerprint density at radius 3 is 2.52 bits per heavy atom. The van der Waals surface area contributed by atoms with Crippen molar-refractivity contribution in [1.29, 1.82) is 0 Å². The second-order valence-corrected chi connectivity index (χ2v) is 7.66. The molecule has 0 aromatic heterocycles. The number of benzene rings is 2. The zero-order valence-electron chi connectivity index (χ0n) is 18.0. The number of anilines is 1. The standard InChI is InChI=1S/C23H24ClF2N3O4/c1-32-20-14-16(6-8-19(20)33-23(25)26)7-9-22(31)29-12-10-28(11-13-29)15-21(30)27-18-5-3-2-4-17(18)24/h2-9,14,23H,10-13,15H2,1H3,(H,27,30)/b9-7+. The molecule has 1 aliphatic rings. The lowest BCUT2D eigenvalue weighted by Gasteiger charge is -2.33. The molecule has 0 radical (unpaired) electrons. The van der Waals surface area contributed by atoms with E-state index in [0.29, 0.717) is 42.5 Å². The van der Waals surface area contributed by atoms with E-state index in [-0.39, 0.29) is 29.9 Å². The topological polar surface area (TPSA) is 71.1 Å². The molecule has 7 nitrogen and oxygen atoms in total. The van der Waals surface area contributed by atoms with Gasteiger partial charge in [0.2, 0.25) is 11.8 Å². The first-order valence-corrected chi connectivity index (χ1v) is 10.6. The minimum Gasteiger partial charge on any atom is -0.493 e. The van der Waals surface area contributed by atoms with E-state index in [0.717, 1.165) is 0 Å². The third kappa shape index (κ3) is 7.16. The molecule has 176 valence electrons. The Morgan fingerprint density at radius 1 is 1.12 bits per heavy atom. The Labute approximate surface area is 195 Å². The van der Waals surface area contributed by atoms with Gasteiger partial charge in [0.1, 0.15) is 0 Å². The van der Waals surface area contributed by atoms with Gasteiger partial charge >= 0.3 is 6.61 Å². The van der Waals surface area contributed by atoms with E-state index in [1.54, 1.807) is 41.3 Å². The summed E-state index contributed by atoms with van der Waals surface area (Å²) in [5.74, 6) is -0.280. The summed E-state index contributed by atoms with van der Waals surface area (Å²) in [7, 11) is 1.35. The lowest BCUT2D eigenvalue weighted by Crippen LogP contribution is -2.50. The van der Waals surface area contributed by atoms with Crippen molar-refractivity contribution in [1.82, 2.24) is 9.80 Å². The summed E-state index contributed by atoms with van der Waals surface area (Å²) in [6.07, 6.45) is 3.00. The average Bonchev–Trinajstić information content (AvgIpc) is 2.79. The number of rotatable bonds is 8. The zero-order chi connectivity index (χ0) is 23.8. The molecule has 0 aliphatic carbocycles. The van der Waals surface area contributed by atoms with Crippen LogP contribution in [0.3, 0.4) is 0 Å². The second-order valence-electron chi connectivity index (χ2n) is 7.25. The molecule has 0 unspecified atom stereocenters. The van der Waals surface area contributed by atoms with Crippen LogP contribution >= 0.6 is 11.6 Å². The van der Waals surface area contributed by atoms with E-state index in [4.69, 9.17) is 16.3 Å². The summed E-state index contributed by atoms with van der Waals surface area (Å²) in [6.45, 7) is -0.676. The maximum absolute atomic E-state index is 12.5. The summed E-state index contributed by atoms with van der Waals surface area (Å²) >= 11 is 6.06. The molecule has 2 aromatic carbocycles. The fraction of sp³-hybridized carbons (Fsp3) is 0.304. The number of para-hydroxylation sites is 1. The number of alkyl halides is 2. The number of ether oxygens (including phenoxy) is 2. The first-order valence-electron chi connectivity index (χ1n) is 10.2. The van der Waals surface area contributed by atoms with Crippen LogP contribution in [0.4, 0.5) is 14.5 Å². The van der Waals surface area contributed by atoms with Crippen molar-refractivity contribution in [2.75, 3.05) is 45.2 Å². The third-order valence-electron chi connectivity index (χ3n) is 5.02. The van der Waals surface area contributed by atoms with Gasteiger partial charge in [-0.15, -0.1) is 0 Å². The van der Waals surface area contributed by atoms with Crippen molar-refractivity contribution >= 4 is 35.2 Å². The summed E-state index contributed by atoms with van der Waals surface area (Å²) in [5, 5.41) is 3.26. The average molecular weight is 480 g/mol. The number of hydrogen-bond acceptors (Lipinski definition) is 5. The van der Waals surface area contributed by atoms with Crippen molar-refractivity contribution in [3.8, 4) is 11.5 Å². The molecule has 0 atom stereocenters. The van der Waals surface area contributed by atoms with Gasteiger partial charge in [-0.2, -0.15) is 8.78 Å². The van der Waals surface area contributed by atoms with E-state index in [1.165, 1.54) is 25.3 Å². The molecular weight excluding hydrogens is 456 g/mol. The van der Waals surface area contributed by atoms with Crippen LogP contribution in [-0.4, -0.2) is 68.1 Å². The van der Waals surface area contributed by atoms with Gasteiger partial charge in [-0.1, -0.05) is 29.8 Å². The van der Waals surface area contributed by atoms with Gasteiger partial charge in [0.25, 0.3) is 0 Å². The Kier molecular flexibility index (Phi) is 8.62. The smallest absolute Gasteiger partial charge is 0.387 e.